The van der Waals surface area contributed by atoms with Gasteiger partial charge in [0.05, 0.1) is 17.8 Å². The highest BCUT2D eigenvalue weighted by Gasteiger charge is 2.30. The van der Waals surface area contributed by atoms with Crippen molar-refractivity contribution >= 4 is 23.6 Å². The van der Waals surface area contributed by atoms with Gasteiger partial charge in [-0.1, -0.05) is 18.2 Å². The molecule has 1 aliphatic rings. The number of anilines is 1. The predicted molar refractivity (Wildman–Crippen MR) is 136 cm³/mol. The van der Waals surface area contributed by atoms with E-state index in [1.165, 1.54) is 13.0 Å². The number of amides is 3. The van der Waals surface area contributed by atoms with Crippen LogP contribution in [-0.4, -0.2) is 59.3 Å². The normalized spacial score (nSPS) is 13.6. The number of para-hydroxylation sites is 2. The molecule has 9 heteroatoms. The summed E-state index contributed by atoms with van der Waals surface area (Å²) in [5.41, 5.74) is 7.57. The van der Waals surface area contributed by atoms with E-state index in [1.54, 1.807) is 54.8 Å². The van der Waals surface area contributed by atoms with Crippen molar-refractivity contribution in [3.8, 4) is 11.5 Å². The highest BCUT2D eigenvalue weighted by Crippen LogP contribution is 2.34. The van der Waals surface area contributed by atoms with Crippen LogP contribution in [0.3, 0.4) is 0 Å². The van der Waals surface area contributed by atoms with Crippen LogP contribution in [0, 0.1) is 0 Å². The first kappa shape index (κ1) is 26.8. The highest BCUT2D eigenvalue weighted by molar-refractivity contribution is 6.05. The van der Waals surface area contributed by atoms with Gasteiger partial charge in [0.2, 0.25) is 5.91 Å². The number of nitrogens with zero attached hydrogens (tertiary/aromatic N) is 2. The molecule has 1 heterocycles. The second kappa shape index (κ2) is 10.9. The van der Waals surface area contributed by atoms with Crippen molar-refractivity contribution in [2.75, 3.05) is 24.6 Å². The lowest BCUT2D eigenvalue weighted by Crippen LogP contribution is -2.45. The number of hydrogen-bond acceptors (Lipinski definition) is 6. The predicted octanol–water partition coefficient (Wildman–Crippen LogP) is 3.65. The molecule has 3 amide bonds. The second-order valence-electron chi connectivity index (χ2n) is 9.98. The van der Waals surface area contributed by atoms with Crippen molar-refractivity contribution < 1.29 is 29.0 Å². The van der Waals surface area contributed by atoms with Crippen LogP contribution in [0.1, 0.15) is 56.1 Å². The largest absolute Gasteiger partial charge is 0.504 e. The number of primary amides is 1. The van der Waals surface area contributed by atoms with Crippen molar-refractivity contribution in [2.45, 2.75) is 59.1 Å². The number of carbonyl (C=O) groups is 3. The zero-order valence-electron chi connectivity index (χ0n) is 21.5. The van der Waals surface area contributed by atoms with Crippen LogP contribution in [0.15, 0.2) is 36.4 Å². The third-order valence-corrected chi connectivity index (χ3v) is 5.92. The van der Waals surface area contributed by atoms with E-state index in [9.17, 15) is 19.5 Å². The van der Waals surface area contributed by atoms with Gasteiger partial charge in [-0.05, 0) is 69.9 Å². The minimum Gasteiger partial charge on any atom is -0.504 e. The smallest absolute Gasteiger partial charge is 0.410 e. The van der Waals surface area contributed by atoms with Crippen molar-refractivity contribution in [1.82, 2.24) is 4.90 Å². The SMILES string of the molecule is CC(=O)N1CCc2cc(CC(C)N(CCOc3ccccc3O)C(=O)OC(C)(C)C)cc(C(N)=O)c21. The number of hydrogen-bond donors (Lipinski definition) is 2. The summed E-state index contributed by atoms with van der Waals surface area (Å²) in [6.45, 7) is 9.61. The molecule has 194 valence electrons. The molecule has 0 radical (unpaired) electrons. The summed E-state index contributed by atoms with van der Waals surface area (Å²) in [5.74, 6) is -0.396. The molecule has 2 aromatic carbocycles. The Bertz CT molecular complexity index is 1140. The third kappa shape index (κ3) is 6.47. The van der Waals surface area contributed by atoms with E-state index in [4.69, 9.17) is 15.2 Å². The fourth-order valence-electron chi connectivity index (χ4n) is 4.33. The Morgan fingerprint density at radius 3 is 2.50 bits per heavy atom. The van der Waals surface area contributed by atoms with Crippen molar-refractivity contribution in [3.63, 3.8) is 0 Å². The maximum absolute atomic E-state index is 13.1. The van der Waals surface area contributed by atoms with Crippen LogP contribution < -0.4 is 15.4 Å². The first-order chi connectivity index (χ1) is 16.9. The van der Waals surface area contributed by atoms with E-state index >= 15 is 0 Å². The van der Waals surface area contributed by atoms with Crippen LogP contribution in [0.2, 0.25) is 0 Å². The maximum Gasteiger partial charge on any atom is 0.410 e. The van der Waals surface area contributed by atoms with E-state index in [2.05, 4.69) is 0 Å². The fraction of sp³-hybridized carbons (Fsp3) is 0.444. The molecule has 0 fully saturated rings. The Hall–Kier alpha value is -3.75. The van der Waals surface area contributed by atoms with E-state index < -0.39 is 17.6 Å². The number of benzene rings is 2. The van der Waals surface area contributed by atoms with Crippen LogP contribution >= 0.6 is 0 Å². The van der Waals surface area contributed by atoms with Crippen LogP contribution in [0.5, 0.6) is 11.5 Å². The molecule has 0 spiro atoms. The number of phenols is 1. The molecular weight excluding hydrogens is 462 g/mol. The topological polar surface area (TPSA) is 122 Å². The molecule has 0 bridgehead atoms. The molecule has 3 rings (SSSR count). The van der Waals surface area contributed by atoms with E-state index in [-0.39, 0.29) is 30.9 Å². The molecule has 1 atom stereocenters. The van der Waals surface area contributed by atoms with Gasteiger partial charge in [-0.25, -0.2) is 4.79 Å². The molecular formula is C27H35N3O6. The number of aromatic hydroxyl groups is 1. The minimum absolute atomic E-state index is 0.0195. The Morgan fingerprint density at radius 2 is 1.89 bits per heavy atom. The molecule has 0 saturated heterocycles. The molecule has 3 N–H and O–H groups in total. The number of phenolic OH excluding ortho intramolecular Hbond substituents is 1. The average molecular weight is 498 g/mol. The lowest BCUT2D eigenvalue weighted by Gasteiger charge is -2.32. The van der Waals surface area contributed by atoms with E-state index in [0.717, 1.165) is 11.1 Å². The molecule has 1 aliphatic heterocycles. The quantitative estimate of drug-likeness (QED) is 0.574. The van der Waals surface area contributed by atoms with Gasteiger partial charge in [0.15, 0.2) is 11.5 Å². The number of nitrogens with two attached hydrogens (primary N) is 1. The van der Waals surface area contributed by atoms with Gasteiger partial charge in [-0.3, -0.25) is 9.59 Å². The Morgan fingerprint density at radius 1 is 1.19 bits per heavy atom. The lowest BCUT2D eigenvalue weighted by atomic mass is 9.97. The summed E-state index contributed by atoms with van der Waals surface area (Å²) in [6.07, 6.45) is 0.570. The monoisotopic (exact) mass is 497 g/mol. The maximum atomic E-state index is 13.1. The summed E-state index contributed by atoms with van der Waals surface area (Å²) >= 11 is 0. The van der Waals surface area contributed by atoms with Gasteiger partial charge in [-0.15, -0.1) is 0 Å². The summed E-state index contributed by atoms with van der Waals surface area (Å²) in [5, 5.41) is 9.95. The lowest BCUT2D eigenvalue weighted by molar-refractivity contribution is -0.116. The number of ether oxygens (including phenoxy) is 2. The molecule has 9 nitrogen and oxygen atoms in total. The average Bonchev–Trinajstić information content (AvgIpc) is 3.20. The minimum atomic E-state index is -0.684. The van der Waals surface area contributed by atoms with Crippen molar-refractivity contribution in [2.24, 2.45) is 5.73 Å². The van der Waals surface area contributed by atoms with Gasteiger partial charge < -0.3 is 30.1 Å². The number of carbonyl (C=O) groups excluding carboxylic acids is 3. The van der Waals surface area contributed by atoms with Crippen molar-refractivity contribution in [1.29, 1.82) is 0 Å². The van der Waals surface area contributed by atoms with Gasteiger partial charge in [0.25, 0.3) is 5.91 Å². The van der Waals surface area contributed by atoms with Gasteiger partial charge in [0, 0.05) is 19.5 Å². The highest BCUT2D eigenvalue weighted by atomic mass is 16.6. The second-order valence-corrected chi connectivity index (χ2v) is 9.98. The Labute approximate surface area is 211 Å². The van der Waals surface area contributed by atoms with Gasteiger partial charge in [-0.2, -0.15) is 0 Å². The molecule has 0 aromatic heterocycles. The van der Waals surface area contributed by atoms with Gasteiger partial charge in [0.1, 0.15) is 12.2 Å². The summed E-state index contributed by atoms with van der Waals surface area (Å²) in [7, 11) is 0. The van der Waals surface area contributed by atoms with Crippen molar-refractivity contribution in [3.05, 3.63) is 53.1 Å². The van der Waals surface area contributed by atoms with Crippen LogP contribution in [0.25, 0.3) is 0 Å². The number of fused-ring (bicyclic) bond motifs is 1. The third-order valence-electron chi connectivity index (χ3n) is 5.92. The first-order valence-corrected chi connectivity index (χ1v) is 12.0. The van der Waals surface area contributed by atoms with Crippen LogP contribution in [0.4, 0.5) is 10.5 Å². The first-order valence-electron chi connectivity index (χ1n) is 12.0. The Balaban J connectivity index is 1.82. The number of rotatable bonds is 8. The molecule has 2 aromatic rings. The Kier molecular flexibility index (Phi) is 8.12. The summed E-state index contributed by atoms with van der Waals surface area (Å²) in [6, 6.07) is 9.98. The molecule has 0 aliphatic carbocycles. The standard InChI is InChI=1S/C27H35N3O6/c1-17(14-19-15-20-10-11-30(18(2)31)24(20)21(16-19)25(28)33)29(26(34)36-27(3,4)5)12-13-35-23-9-7-6-8-22(23)32/h6-9,15-17,32H,10-14H2,1-5H3,(H2,28,33). The zero-order valence-corrected chi connectivity index (χ0v) is 21.5. The van der Waals surface area contributed by atoms with E-state index in [1.807, 2.05) is 13.0 Å². The fourth-order valence-corrected chi connectivity index (χ4v) is 4.33. The van der Waals surface area contributed by atoms with Crippen LogP contribution in [-0.2, 0) is 22.4 Å². The zero-order chi connectivity index (χ0) is 26.6. The molecule has 1 unspecified atom stereocenters. The van der Waals surface area contributed by atoms with Gasteiger partial charge >= 0.3 is 6.09 Å². The summed E-state index contributed by atoms with van der Waals surface area (Å²) in [4.78, 5) is 40.5. The molecule has 36 heavy (non-hydrogen) atoms. The molecule has 0 saturated carbocycles. The van der Waals surface area contributed by atoms with E-state index in [0.29, 0.717) is 36.4 Å². The summed E-state index contributed by atoms with van der Waals surface area (Å²) < 4.78 is 11.3.